The van der Waals surface area contributed by atoms with Gasteiger partial charge in [-0.15, -0.1) is 0 Å². The zero-order chi connectivity index (χ0) is 26.4. The largest absolute Gasteiger partial charge is 0.325 e. The van der Waals surface area contributed by atoms with Crippen molar-refractivity contribution < 1.29 is 26.7 Å². The summed E-state index contributed by atoms with van der Waals surface area (Å²) >= 11 is 0. The number of piperidine rings is 1. The van der Waals surface area contributed by atoms with E-state index in [9.17, 15) is 24.0 Å². The molecule has 0 saturated carbocycles. The first-order valence-corrected chi connectivity index (χ1v) is 11.9. The molecule has 35 heavy (non-hydrogen) atoms. The molecule has 1 aliphatic carbocycles. The Morgan fingerprint density at radius 1 is 1.14 bits per heavy atom. The van der Waals surface area contributed by atoms with E-state index in [4.69, 9.17) is 2.74 Å². The lowest BCUT2D eigenvalue weighted by atomic mass is 9.85. The minimum Gasteiger partial charge on any atom is -0.325 e. The van der Waals surface area contributed by atoms with Gasteiger partial charge in [0.25, 0.3) is 11.8 Å². The highest BCUT2D eigenvalue weighted by molar-refractivity contribution is 6.26. The van der Waals surface area contributed by atoms with Crippen molar-refractivity contribution in [2.45, 2.75) is 31.7 Å². The summed E-state index contributed by atoms with van der Waals surface area (Å²) in [7, 11) is 0. The number of imide groups is 2. The Bertz CT molecular complexity index is 1220. The van der Waals surface area contributed by atoms with Crippen molar-refractivity contribution in [3.63, 3.8) is 0 Å². The number of rotatable bonds is 5. The van der Waals surface area contributed by atoms with E-state index in [-0.39, 0.29) is 36.1 Å². The number of piperazine rings is 1. The fourth-order valence-electron chi connectivity index (χ4n) is 5.05. The molecule has 1 aromatic carbocycles. The molecule has 10 heteroatoms. The van der Waals surface area contributed by atoms with Gasteiger partial charge < -0.3 is 15.5 Å². The molecule has 3 N–H and O–H groups in total. The Balaban J connectivity index is 1.35. The van der Waals surface area contributed by atoms with Gasteiger partial charge in [-0.2, -0.15) is 0 Å². The quantitative estimate of drug-likeness (QED) is 0.413. The Hall–Kier alpha value is -3.37. The SMILES string of the molecule is [2H]C1(CN2CCNCC2)CC=CC([2H])(C(=O)Nc2cccc3c2C(=O)N(C2CCC(=O)NC2=O)C3=O)C1. The molecular formula is C25H29N5O5. The van der Waals surface area contributed by atoms with Gasteiger partial charge in [-0.25, -0.2) is 0 Å². The molecule has 3 heterocycles. The predicted octanol–water partition coefficient (Wildman–Crippen LogP) is 0.514. The van der Waals surface area contributed by atoms with Gasteiger partial charge >= 0.3 is 0 Å². The number of carbonyl (C=O) groups is 5. The molecule has 3 unspecified atom stereocenters. The van der Waals surface area contributed by atoms with E-state index >= 15 is 0 Å². The van der Waals surface area contributed by atoms with Gasteiger partial charge in [0.1, 0.15) is 6.04 Å². The topological polar surface area (TPSA) is 128 Å². The molecule has 0 radical (unpaired) electrons. The summed E-state index contributed by atoms with van der Waals surface area (Å²) in [4.78, 5) is 66.6. The van der Waals surface area contributed by atoms with E-state index in [1.54, 1.807) is 6.08 Å². The van der Waals surface area contributed by atoms with Gasteiger partial charge in [-0.3, -0.25) is 34.2 Å². The number of carbonyl (C=O) groups excluding carboxylic acids is 5. The number of hydrogen-bond acceptors (Lipinski definition) is 7. The third kappa shape index (κ3) is 4.63. The van der Waals surface area contributed by atoms with Crippen LogP contribution >= 0.6 is 0 Å². The molecule has 2 fully saturated rings. The molecule has 184 valence electrons. The maximum absolute atomic E-state index is 13.4. The highest BCUT2D eigenvalue weighted by Gasteiger charge is 2.45. The van der Waals surface area contributed by atoms with Gasteiger partial charge in [0.15, 0.2) is 0 Å². The maximum Gasteiger partial charge on any atom is 0.264 e. The first-order valence-electron chi connectivity index (χ1n) is 12.9. The molecule has 10 nitrogen and oxygen atoms in total. The van der Waals surface area contributed by atoms with Crippen molar-refractivity contribution >= 4 is 35.2 Å². The highest BCUT2D eigenvalue weighted by atomic mass is 16.2. The smallest absolute Gasteiger partial charge is 0.264 e. The summed E-state index contributed by atoms with van der Waals surface area (Å²) < 4.78 is 17.8. The van der Waals surface area contributed by atoms with E-state index in [1.165, 1.54) is 24.3 Å². The Morgan fingerprint density at radius 3 is 2.71 bits per heavy atom. The zero-order valence-electron chi connectivity index (χ0n) is 21.3. The van der Waals surface area contributed by atoms with Crippen molar-refractivity contribution in [1.29, 1.82) is 0 Å². The second-order valence-corrected chi connectivity index (χ2v) is 9.21. The van der Waals surface area contributed by atoms with Gasteiger partial charge in [0.2, 0.25) is 17.7 Å². The molecule has 5 amide bonds. The number of nitrogens with one attached hydrogen (secondary N) is 3. The summed E-state index contributed by atoms with van der Waals surface area (Å²) in [5.41, 5.74) is 0.0603. The number of fused-ring (bicyclic) bond motifs is 1. The third-order valence-corrected chi connectivity index (χ3v) is 6.83. The summed E-state index contributed by atoms with van der Waals surface area (Å²) in [6.07, 6.45) is 3.62. The number of benzene rings is 1. The van der Waals surface area contributed by atoms with Crippen LogP contribution in [0.5, 0.6) is 0 Å². The predicted molar refractivity (Wildman–Crippen MR) is 126 cm³/mol. The van der Waals surface area contributed by atoms with Crippen LogP contribution in [0.25, 0.3) is 0 Å². The Labute approximate surface area is 205 Å². The standard InChI is InChI=1S/C25H29N5O5/c31-20-8-7-19(23(33)28-20)30-24(34)17-5-2-6-18(21(17)25(30)35)27-22(32)16-4-1-3-15(13-16)14-29-11-9-26-10-12-29/h1-2,4-6,15-16,19,26H,3,7-14H2,(H,27,32)(H,28,31,33)/i15D,16D. The molecule has 0 spiro atoms. The summed E-state index contributed by atoms with van der Waals surface area (Å²) in [6, 6.07) is 3.31. The van der Waals surface area contributed by atoms with Gasteiger partial charge in [-0.1, -0.05) is 18.2 Å². The van der Waals surface area contributed by atoms with Crippen molar-refractivity contribution in [2.75, 3.05) is 38.0 Å². The molecule has 2 saturated heterocycles. The highest BCUT2D eigenvalue weighted by Crippen LogP contribution is 2.33. The van der Waals surface area contributed by atoms with Crippen LogP contribution in [-0.2, 0) is 14.4 Å². The minimum atomic E-state index is -1.73. The lowest BCUT2D eigenvalue weighted by Crippen LogP contribution is -2.54. The maximum atomic E-state index is 13.4. The number of anilines is 1. The van der Waals surface area contributed by atoms with Crippen LogP contribution in [-0.4, -0.2) is 78.1 Å². The molecular weight excluding hydrogens is 450 g/mol. The molecule has 4 aliphatic rings. The molecule has 1 aromatic rings. The molecule has 5 rings (SSSR count). The average molecular weight is 482 g/mol. The van der Waals surface area contributed by atoms with Crippen LogP contribution < -0.4 is 16.0 Å². The first-order chi connectivity index (χ1) is 17.6. The summed E-state index contributed by atoms with van der Waals surface area (Å²) in [5.74, 6) is -6.04. The van der Waals surface area contributed by atoms with Gasteiger partial charge in [-0.05, 0) is 37.3 Å². The fourth-order valence-corrected chi connectivity index (χ4v) is 5.05. The lowest BCUT2D eigenvalue weighted by molar-refractivity contribution is -0.136. The molecule has 3 aliphatic heterocycles. The van der Waals surface area contributed by atoms with E-state index < -0.39 is 47.4 Å². The van der Waals surface area contributed by atoms with E-state index in [1.807, 2.05) is 0 Å². The molecule has 0 aromatic heterocycles. The van der Waals surface area contributed by atoms with Crippen LogP contribution in [0.3, 0.4) is 0 Å². The van der Waals surface area contributed by atoms with E-state index in [2.05, 4.69) is 20.9 Å². The second kappa shape index (κ2) is 9.71. The minimum absolute atomic E-state index is 0.00389. The molecule has 3 atom stereocenters. The van der Waals surface area contributed by atoms with Gasteiger partial charge in [0, 0.05) is 41.9 Å². The van der Waals surface area contributed by atoms with Crippen molar-refractivity contribution in [1.82, 2.24) is 20.4 Å². The zero-order valence-corrected chi connectivity index (χ0v) is 19.3. The number of allylic oxidation sites excluding steroid dienone is 1. The second-order valence-electron chi connectivity index (χ2n) is 9.21. The summed E-state index contributed by atoms with van der Waals surface area (Å²) in [5, 5.41) is 8.07. The number of amides is 5. The summed E-state index contributed by atoms with van der Waals surface area (Å²) in [6.45, 7) is 3.72. The van der Waals surface area contributed by atoms with Crippen LogP contribution in [0.1, 0.15) is 49.1 Å². The van der Waals surface area contributed by atoms with Crippen LogP contribution in [0.4, 0.5) is 5.69 Å². The fraction of sp³-hybridized carbons (Fsp3) is 0.480. The average Bonchev–Trinajstić information content (AvgIpc) is 3.10. The van der Waals surface area contributed by atoms with Crippen molar-refractivity contribution in [2.24, 2.45) is 11.8 Å². The molecule has 0 bridgehead atoms. The third-order valence-electron chi connectivity index (χ3n) is 6.83. The van der Waals surface area contributed by atoms with E-state index in [0.29, 0.717) is 13.0 Å². The number of nitrogens with zero attached hydrogens (tertiary/aromatic N) is 2. The number of hydrogen-bond donors (Lipinski definition) is 3. The van der Waals surface area contributed by atoms with Gasteiger partial charge in [0.05, 0.1) is 22.7 Å². The monoisotopic (exact) mass is 481 g/mol. The Kier molecular flexibility index (Phi) is 5.81. The first kappa shape index (κ1) is 21.0. The lowest BCUT2D eigenvalue weighted by Gasteiger charge is -2.33. The van der Waals surface area contributed by atoms with E-state index in [0.717, 1.165) is 31.1 Å². The van der Waals surface area contributed by atoms with Crippen LogP contribution in [0.2, 0.25) is 0 Å². The van der Waals surface area contributed by atoms with Crippen LogP contribution in [0.15, 0.2) is 30.4 Å². The Morgan fingerprint density at radius 2 is 1.94 bits per heavy atom. The van der Waals surface area contributed by atoms with Crippen molar-refractivity contribution in [3.05, 3.63) is 41.5 Å². The van der Waals surface area contributed by atoms with Crippen LogP contribution in [0, 0.1) is 11.8 Å². The van der Waals surface area contributed by atoms with Crippen molar-refractivity contribution in [3.8, 4) is 0 Å². The normalized spacial score (nSPS) is 32.1.